The Kier molecular flexibility index (Phi) is 5.20. The number of benzene rings is 1. The lowest BCUT2D eigenvalue weighted by molar-refractivity contribution is -0.114. The summed E-state index contributed by atoms with van der Waals surface area (Å²) >= 11 is 2.78. The summed E-state index contributed by atoms with van der Waals surface area (Å²) in [6.07, 6.45) is 0. The number of rotatable bonds is 5. The molecule has 0 atom stereocenters. The van der Waals surface area contributed by atoms with E-state index in [2.05, 4.69) is 0 Å². The Hall–Kier alpha value is -2.12. The van der Waals surface area contributed by atoms with Crippen LogP contribution in [0.2, 0.25) is 0 Å². The zero-order valence-corrected chi connectivity index (χ0v) is 17.0. The second-order valence-corrected chi connectivity index (χ2v) is 8.31. The number of Topliss-reactive ketones (excluding diaryl/α,β-unsaturated/α-hetero) is 1. The fourth-order valence-electron chi connectivity index (χ4n) is 2.73. The molecule has 5 nitrogen and oxygen atoms in total. The molecule has 0 N–H and O–H groups in total. The molecule has 136 valence electrons. The first-order chi connectivity index (χ1) is 12.3. The molecule has 2 aromatic heterocycles. The van der Waals surface area contributed by atoms with Gasteiger partial charge in [0.1, 0.15) is 16.4 Å². The van der Waals surface area contributed by atoms with Gasteiger partial charge in [-0.1, -0.05) is 17.8 Å². The zero-order chi connectivity index (χ0) is 19.0. The van der Waals surface area contributed by atoms with Crippen LogP contribution in [0.5, 0.6) is 5.75 Å². The summed E-state index contributed by atoms with van der Waals surface area (Å²) in [4.78, 5) is 31.4. The fourth-order valence-corrected chi connectivity index (χ4v) is 4.60. The van der Waals surface area contributed by atoms with Crippen LogP contribution in [-0.2, 0) is 4.79 Å². The molecule has 0 amide bonds. The first-order valence-electron chi connectivity index (χ1n) is 8.13. The summed E-state index contributed by atoms with van der Waals surface area (Å²) < 4.78 is 7.05. The van der Waals surface area contributed by atoms with E-state index in [1.807, 2.05) is 39.0 Å². The predicted octanol–water partition coefficient (Wildman–Crippen LogP) is 4.06. The zero-order valence-electron chi connectivity index (χ0n) is 15.4. The number of carbonyl (C=O) groups is 1. The van der Waals surface area contributed by atoms with Crippen molar-refractivity contribution in [3.05, 3.63) is 44.6 Å². The Morgan fingerprint density at radius 2 is 2.04 bits per heavy atom. The number of hydrogen-bond acceptors (Lipinski definition) is 6. The Bertz CT molecular complexity index is 1070. The van der Waals surface area contributed by atoms with Crippen LogP contribution in [0.4, 0.5) is 0 Å². The molecule has 0 bridgehead atoms. The van der Waals surface area contributed by atoms with Crippen LogP contribution in [0.1, 0.15) is 22.9 Å². The molecule has 0 radical (unpaired) electrons. The van der Waals surface area contributed by atoms with Crippen molar-refractivity contribution in [3.8, 4) is 11.4 Å². The van der Waals surface area contributed by atoms with Crippen molar-refractivity contribution in [1.82, 2.24) is 9.55 Å². The third-order valence-electron chi connectivity index (χ3n) is 4.15. The Labute approximate surface area is 160 Å². The number of fused-ring (bicyclic) bond motifs is 1. The van der Waals surface area contributed by atoms with Gasteiger partial charge in [-0.05, 0) is 51.0 Å². The molecule has 0 saturated heterocycles. The lowest BCUT2D eigenvalue weighted by Crippen LogP contribution is -2.22. The second-order valence-electron chi connectivity index (χ2n) is 6.16. The van der Waals surface area contributed by atoms with Gasteiger partial charge in [-0.2, -0.15) is 0 Å². The maximum Gasteiger partial charge on any atom is 0.267 e. The lowest BCUT2D eigenvalue weighted by atomic mass is 10.2. The minimum Gasteiger partial charge on any atom is -0.495 e. The second kappa shape index (κ2) is 7.25. The Balaban J connectivity index is 2.38. The Morgan fingerprint density at radius 1 is 1.31 bits per heavy atom. The molecular weight excluding hydrogens is 368 g/mol. The highest BCUT2D eigenvalue weighted by molar-refractivity contribution is 7.99. The van der Waals surface area contributed by atoms with Crippen LogP contribution >= 0.6 is 23.1 Å². The summed E-state index contributed by atoms with van der Waals surface area (Å²) in [5.74, 6) is 0.883. The molecule has 0 saturated carbocycles. The molecule has 0 aliphatic heterocycles. The minimum absolute atomic E-state index is 0.0330. The Morgan fingerprint density at radius 3 is 2.69 bits per heavy atom. The van der Waals surface area contributed by atoms with Gasteiger partial charge in [-0.25, -0.2) is 4.98 Å². The van der Waals surface area contributed by atoms with E-state index in [-0.39, 0.29) is 17.1 Å². The smallest absolute Gasteiger partial charge is 0.267 e. The van der Waals surface area contributed by atoms with Crippen molar-refractivity contribution in [1.29, 1.82) is 0 Å². The molecule has 0 aliphatic carbocycles. The van der Waals surface area contributed by atoms with Crippen LogP contribution in [-0.4, -0.2) is 28.2 Å². The minimum atomic E-state index is -0.133. The highest BCUT2D eigenvalue weighted by Crippen LogP contribution is 2.32. The van der Waals surface area contributed by atoms with Crippen LogP contribution in [0.3, 0.4) is 0 Å². The monoisotopic (exact) mass is 388 g/mol. The number of aromatic nitrogens is 2. The molecule has 0 fully saturated rings. The first-order valence-corrected chi connectivity index (χ1v) is 9.93. The number of thiophene rings is 1. The highest BCUT2D eigenvalue weighted by Gasteiger charge is 2.20. The van der Waals surface area contributed by atoms with Gasteiger partial charge < -0.3 is 4.74 Å². The topological polar surface area (TPSA) is 61.2 Å². The molecule has 1 aromatic carbocycles. The molecule has 0 spiro atoms. The first kappa shape index (κ1) is 18.7. The van der Waals surface area contributed by atoms with Crippen molar-refractivity contribution < 1.29 is 9.53 Å². The van der Waals surface area contributed by atoms with Crippen molar-refractivity contribution in [3.63, 3.8) is 0 Å². The molecular formula is C19H20N2O3S2. The van der Waals surface area contributed by atoms with Crippen molar-refractivity contribution in [2.24, 2.45) is 0 Å². The van der Waals surface area contributed by atoms with Crippen LogP contribution in [0.15, 0.2) is 28.2 Å². The maximum atomic E-state index is 13.4. The largest absolute Gasteiger partial charge is 0.495 e. The maximum absolute atomic E-state index is 13.4. The number of carbonyl (C=O) groups excluding carboxylic acids is 1. The molecule has 26 heavy (non-hydrogen) atoms. The number of thioether (sulfide) groups is 1. The number of ketones is 1. The van der Waals surface area contributed by atoms with E-state index in [1.54, 1.807) is 11.7 Å². The third-order valence-corrected chi connectivity index (χ3v) is 6.34. The van der Waals surface area contributed by atoms with Gasteiger partial charge in [-0.3, -0.25) is 14.2 Å². The van der Waals surface area contributed by atoms with Crippen LogP contribution < -0.4 is 10.3 Å². The number of nitrogens with zero attached hydrogens (tertiary/aromatic N) is 2. The SMILES string of the molecule is COc1ccc(C)cc1-n1c(SCC(C)=O)nc2sc(C)c(C)c2c1=O. The number of methoxy groups -OCH3 is 1. The van der Waals surface area contributed by atoms with E-state index in [1.165, 1.54) is 30.0 Å². The highest BCUT2D eigenvalue weighted by atomic mass is 32.2. The summed E-state index contributed by atoms with van der Waals surface area (Å²) in [5, 5.41) is 1.13. The van der Waals surface area contributed by atoms with Gasteiger partial charge >= 0.3 is 0 Å². The van der Waals surface area contributed by atoms with E-state index >= 15 is 0 Å². The van der Waals surface area contributed by atoms with E-state index in [4.69, 9.17) is 9.72 Å². The quantitative estimate of drug-likeness (QED) is 0.487. The number of hydrogen-bond donors (Lipinski definition) is 0. The van der Waals surface area contributed by atoms with Crippen LogP contribution in [0, 0.1) is 20.8 Å². The summed E-state index contributed by atoms with van der Waals surface area (Å²) in [5.41, 5.74) is 2.47. The van der Waals surface area contributed by atoms with E-state index in [0.717, 1.165) is 16.0 Å². The third kappa shape index (κ3) is 3.29. The van der Waals surface area contributed by atoms with E-state index in [0.29, 0.717) is 26.8 Å². The average Bonchev–Trinajstić information content (AvgIpc) is 2.87. The fraction of sp³-hybridized carbons (Fsp3) is 0.316. The molecule has 7 heteroatoms. The molecule has 2 heterocycles. The molecule has 0 aliphatic rings. The van der Waals surface area contributed by atoms with Gasteiger partial charge in [0, 0.05) is 4.88 Å². The summed E-state index contributed by atoms with van der Waals surface area (Å²) in [6, 6.07) is 5.67. The summed E-state index contributed by atoms with van der Waals surface area (Å²) in [7, 11) is 1.58. The summed E-state index contributed by atoms with van der Waals surface area (Å²) in [6.45, 7) is 7.42. The normalized spacial score (nSPS) is 11.1. The number of ether oxygens (including phenoxy) is 1. The van der Waals surface area contributed by atoms with Crippen molar-refractivity contribution in [2.75, 3.05) is 12.9 Å². The average molecular weight is 389 g/mol. The van der Waals surface area contributed by atoms with Crippen molar-refractivity contribution in [2.45, 2.75) is 32.9 Å². The van der Waals surface area contributed by atoms with Gasteiger partial charge in [0.15, 0.2) is 5.16 Å². The molecule has 3 rings (SSSR count). The van der Waals surface area contributed by atoms with Gasteiger partial charge in [-0.15, -0.1) is 11.3 Å². The van der Waals surface area contributed by atoms with Gasteiger partial charge in [0.05, 0.1) is 23.9 Å². The van der Waals surface area contributed by atoms with Crippen LogP contribution in [0.25, 0.3) is 15.9 Å². The molecule has 0 unspecified atom stereocenters. The predicted molar refractivity (Wildman–Crippen MR) is 107 cm³/mol. The number of aryl methyl sites for hydroxylation is 3. The van der Waals surface area contributed by atoms with E-state index in [9.17, 15) is 9.59 Å². The van der Waals surface area contributed by atoms with Gasteiger partial charge in [0.2, 0.25) is 0 Å². The molecule has 3 aromatic rings. The van der Waals surface area contributed by atoms with Crippen molar-refractivity contribution >= 4 is 39.1 Å². The van der Waals surface area contributed by atoms with E-state index < -0.39 is 0 Å². The lowest BCUT2D eigenvalue weighted by Gasteiger charge is -2.15. The van der Waals surface area contributed by atoms with Gasteiger partial charge in [0.25, 0.3) is 5.56 Å². The standard InChI is InChI=1S/C19H20N2O3S2/c1-10-6-7-15(24-5)14(8-10)21-18(23)16-12(3)13(4)26-17(16)20-19(21)25-9-11(2)22/h6-8H,9H2,1-5H3.